The lowest BCUT2D eigenvalue weighted by Gasteiger charge is -2.50. The minimum absolute atomic E-state index is 0.205. The fourth-order valence-corrected chi connectivity index (χ4v) is 4.57. The number of aliphatic hydroxyl groups excluding tert-OH is 1. The summed E-state index contributed by atoms with van der Waals surface area (Å²) in [6, 6.07) is 12.5. The van der Waals surface area contributed by atoms with Gasteiger partial charge in [-0.25, -0.2) is 0 Å². The van der Waals surface area contributed by atoms with Crippen molar-refractivity contribution in [3.63, 3.8) is 0 Å². The molecule has 24 heavy (non-hydrogen) atoms. The monoisotopic (exact) mass is 323 g/mol. The molecule has 0 radical (unpaired) electrons. The summed E-state index contributed by atoms with van der Waals surface area (Å²) >= 11 is 0. The van der Waals surface area contributed by atoms with Crippen molar-refractivity contribution in [2.24, 2.45) is 11.8 Å². The number of piperidine rings is 3. The second-order valence-electron chi connectivity index (χ2n) is 7.13. The fraction of sp³-hybridized carbons (Fsp3) is 0.429. The van der Waals surface area contributed by atoms with Crippen LogP contribution in [0.2, 0.25) is 0 Å². The van der Waals surface area contributed by atoms with Crippen molar-refractivity contribution in [1.82, 2.24) is 4.90 Å². The van der Waals surface area contributed by atoms with E-state index in [9.17, 15) is 5.11 Å². The molecule has 1 unspecified atom stereocenters. The summed E-state index contributed by atoms with van der Waals surface area (Å²) in [5.41, 5.74) is 1.01. The van der Waals surface area contributed by atoms with Gasteiger partial charge in [-0.2, -0.15) is 0 Å². The summed E-state index contributed by atoms with van der Waals surface area (Å²) in [6.45, 7) is 6.11. The Balaban J connectivity index is 1.69. The summed E-state index contributed by atoms with van der Waals surface area (Å²) in [5.74, 6) is 2.07. The maximum atomic E-state index is 11.2. The molecule has 0 amide bonds. The summed E-state index contributed by atoms with van der Waals surface area (Å²) < 4.78 is 5.38. The quantitative estimate of drug-likeness (QED) is 0.869. The molecular weight excluding hydrogens is 298 g/mol. The van der Waals surface area contributed by atoms with E-state index >= 15 is 0 Å². The number of benzene rings is 2. The molecule has 5 atom stereocenters. The fourth-order valence-electron chi connectivity index (χ4n) is 4.57. The van der Waals surface area contributed by atoms with E-state index in [0.29, 0.717) is 11.8 Å². The van der Waals surface area contributed by atoms with Crippen molar-refractivity contribution in [1.29, 1.82) is 0 Å². The molecule has 0 saturated carbocycles. The Morgan fingerprint density at radius 2 is 2.21 bits per heavy atom. The van der Waals surface area contributed by atoms with E-state index in [0.717, 1.165) is 41.6 Å². The van der Waals surface area contributed by atoms with Gasteiger partial charge in [0.1, 0.15) is 5.75 Å². The highest BCUT2D eigenvalue weighted by Gasteiger charge is 2.42. The highest BCUT2D eigenvalue weighted by molar-refractivity contribution is 5.87. The molecule has 3 fully saturated rings. The van der Waals surface area contributed by atoms with E-state index in [4.69, 9.17) is 4.74 Å². The summed E-state index contributed by atoms with van der Waals surface area (Å²) in [5, 5.41) is 13.4. The van der Waals surface area contributed by atoms with Crippen LogP contribution < -0.4 is 4.74 Å². The Morgan fingerprint density at radius 1 is 1.33 bits per heavy atom. The molecule has 3 saturated heterocycles. The third-order valence-corrected chi connectivity index (χ3v) is 5.96. The number of ether oxygens (including phenoxy) is 1. The molecule has 3 heterocycles. The van der Waals surface area contributed by atoms with Crippen LogP contribution in [-0.4, -0.2) is 36.2 Å². The predicted octanol–water partition coefficient (Wildman–Crippen LogP) is 3.78. The van der Waals surface area contributed by atoms with E-state index in [2.05, 4.69) is 35.8 Å². The van der Waals surface area contributed by atoms with E-state index in [1.54, 1.807) is 7.11 Å². The number of hydrogen-bond donors (Lipinski definition) is 1. The van der Waals surface area contributed by atoms with Crippen LogP contribution in [0.15, 0.2) is 49.1 Å². The Morgan fingerprint density at radius 3 is 2.92 bits per heavy atom. The van der Waals surface area contributed by atoms with E-state index in [-0.39, 0.29) is 6.04 Å². The second kappa shape index (κ2) is 6.23. The van der Waals surface area contributed by atoms with Gasteiger partial charge in [0.05, 0.1) is 13.2 Å². The second-order valence-corrected chi connectivity index (χ2v) is 7.13. The predicted molar refractivity (Wildman–Crippen MR) is 97.2 cm³/mol. The first-order valence-corrected chi connectivity index (χ1v) is 8.82. The van der Waals surface area contributed by atoms with Crippen molar-refractivity contribution in [3.05, 3.63) is 54.6 Å². The van der Waals surface area contributed by atoms with Crippen LogP contribution in [0.3, 0.4) is 0 Å². The maximum Gasteiger partial charge on any atom is 0.119 e. The SMILES string of the molecule is C=C[C@@H]1CN2CC[C@H]1C[C@@H]2[C@H](O)c1cccc2ccc(OC)cc12. The first-order valence-electron chi connectivity index (χ1n) is 8.82. The number of hydrogen-bond acceptors (Lipinski definition) is 3. The van der Waals surface area contributed by atoms with Gasteiger partial charge in [-0.3, -0.25) is 4.90 Å². The molecule has 0 aromatic heterocycles. The van der Waals surface area contributed by atoms with E-state index < -0.39 is 6.10 Å². The van der Waals surface area contributed by atoms with Crippen LogP contribution in [-0.2, 0) is 0 Å². The molecule has 2 aromatic carbocycles. The molecule has 0 spiro atoms. The van der Waals surface area contributed by atoms with Gasteiger partial charge in [-0.05, 0) is 59.7 Å². The number of rotatable bonds is 4. The lowest BCUT2D eigenvalue weighted by atomic mass is 9.73. The van der Waals surface area contributed by atoms with Crippen molar-refractivity contribution < 1.29 is 9.84 Å². The minimum Gasteiger partial charge on any atom is -0.497 e. The van der Waals surface area contributed by atoms with E-state index in [1.165, 1.54) is 6.42 Å². The van der Waals surface area contributed by atoms with Crippen LogP contribution in [0.5, 0.6) is 5.75 Å². The number of aliphatic hydroxyl groups is 1. The van der Waals surface area contributed by atoms with Crippen LogP contribution in [0, 0.1) is 11.8 Å². The normalized spacial score (nSPS) is 30.2. The highest BCUT2D eigenvalue weighted by Crippen LogP contribution is 2.42. The Kier molecular flexibility index (Phi) is 4.07. The van der Waals surface area contributed by atoms with Crippen LogP contribution in [0.25, 0.3) is 10.8 Å². The third kappa shape index (κ3) is 2.52. The van der Waals surface area contributed by atoms with Gasteiger partial charge in [0, 0.05) is 12.6 Å². The Hall–Kier alpha value is -1.84. The molecule has 3 aliphatic heterocycles. The molecule has 2 aromatic rings. The minimum atomic E-state index is -0.464. The molecule has 1 N–H and O–H groups in total. The topological polar surface area (TPSA) is 32.7 Å². The van der Waals surface area contributed by atoms with Crippen LogP contribution >= 0.6 is 0 Å². The van der Waals surface area contributed by atoms with Gasteiger partial charge < -0.3 is 9.84 Å². The molecule has 2 bridgehead atoms. The molecule has 5 rings (SSSR count). The molecule has 0 aliphatic carbocycles. The number of methoxy groups -OCH3 is 1. The first kappa shape index (κ1) is 15.7. The molecule has 3 heteroatoms. The van der Waals surface area contributed by atoms with E-state index in [1.807, 2.05) is 18.2 Å². The Bertz CT molecular complexity index is 757. The standard InChI is InChI=1S/C21H25NO2/c1-3-14-13-22-10-9-16(14)11-20(22)21(23)18-6-4-5-15-7-8-17(24-2)12-19(15)18/h3-8,12,14,16,20-21,23H,1,9-11,13H2,2H3/t14-,16+,20-,21-/m1/s1. The zero-order valence-electron chi connectivity index (χ0n) is 14.2. The van der Waals surface area contributed by atoms with Gasteiger partial charge in [-0.1, -0.05) is 30.3 Å². The van der Waals surface area contributed by atoms with Crippen molar-refractivity contribution >= 4 is 10.8 Å². The zero-order valence-corrected chi connectivity index (χ0v) is 14.2. The van der Waals surface area contributed by atoms with Gasteiger partial charge >= 0.3 is 0 Å². The average molecular weight is 323 g/mol. The van der Waals surface area contributed by atoms with Gasteiger partial charge in [0.15, 0.2) is 0 Å². The third-order valence-electron chi connectivity index (χ3n) is 5.96. The summed E-state index contributed by atoms with van der Waals surface area (Å²) in [7, 11) is 1.68. The van der Waals surface area contributed by atoms with Gasteiger partial charge in [-0.15, -0.1) is 6.58 Å². The van der Waals surface area contributed by atoms with Crippen LogP contribution in [0.1, 0.15) is 24.5 Å². The smallest absolute Gasteiger partial charge is 0.119 e. The molecule has 126 valence electrons. The van der Waals surface area contributed by atoms with Crippen LogP contribution in [0.4, 0.5) is 0 Å². The molecular formula is C21H25NO2. The Labute approximate surface area is 143 Å². The molecule has 3 nitrogen and oxygen atoms in total. The first-order chi connectivity index (χ1) is 11.7. The van der Waals surface area contributed by atoms with Crippen molar-refractivity contribution in [2.75, 3.05) is 20.2 Å². The maximum absolute atomic E-state index is 11.2. The summed E-state index contributed by atoms with van der Waals surface area (Å²) in [4.78, 5) is 2.45. The largest absolute Gasteiger partial charge is 0.497 e. The lowest BCUT2D eigenvalue weighted by molar-refractivity contribution is -0.0444. The lowest BCUT2D eigenvalue weighted by Crippen LogP contribution is -2.54. The average Bonchev–Trinajstić information content (AvgIpc) is 2.66. The number of fused-ring (bicyclic) bond motifs is 4. The summed E-state index contributed by atoms with van der Waals surface area (Å²) in [6.07, 6.45) is 3.92. The van der Waals surface area contributed by atoms with Crippen molar-refractivity contribution in [3.8, 4) is 5.75 Å². The number of nitrogens with zero attached hydrogens (tertiary/aromatic N) is 1. The van der Waals surface area contributed by atoms with Gasteiger partial charge in [0.2, 0.25) is 0 Å². The van der Waals surface area contributed by atoms with Gasteiger partial charge in [0.25, 0.3) is 0 Å². The zero-order chi connectivity index (χ0) is 16.7. The molecule has 3 aliphatic rings. The van der Waals surface area contributed by atoms with Crippen molar-refractivity contribution in [2.45, 2.75) is 25.0 Å². The highest BCUT2D eigenvalue weighted by atomic mass is 16.5.